The lowest BCUT2D eigenvalue weighted by atomic mass is 10.00. The molecule has 2 aromatic carbocycles. The van der Waals surface area contributed by atoms with Crippen molar-refractivity contribution in [2.24, 2.45) is 0 Å². The molecule has 5 nitrogen and oxygen atoms in total. The molecule has 0 spiro atoms. The molecule has 2 amide bonds. The number of quaternary nitrogens is 1. The van der Waals surface area contributed by atoms with E-state index in [2.05, 4.69) is 17.4 Å². The minimum atomic E-state index is -0.333. The van der Waals surface area contributed by atoms with Gasteiger partial charge in [-0.3, -0.25) is 9.59 Å². The molecular formula is C20H22Cl2N3O2+. The van der Waals surface area contributed by atoms with Crippen LogP contribution in [0.4, 0.5) is 5.69 Å². The summed E-state index contributed by atoms with van der Waals surface area (Å²) in [5, 5.41) is 3.40. The maximum atomic E-state index is 12.5. The normalized spacial score (nSPS) is 15.7. The molecule has 0 aromatic heterocycles. The first-order valence-electron chi connectivity index (χ1n) is 8.82. The summed E-state index contributed by atoms with van der Waals surface area (Å²) in [6, 6.07) is 13.3. The van der Waals surface area contributed by atoms with E-state index in [1.807, 2.05) is 12.1 Å². The number of nitrogens with zero attached hydrogens (tertiary/aromatic N) is 1. The zero-order chi connectivity index (χ0) is 19.4. The van der Waals surface area contributed by atoms with Gasteiger partial charge in [0.2, 0.25) is 5.91 Å². The fourth-order valence-corrected chi connectivity index (χ4v) is 3.73. The summed E-state index contributed by atoms with van der Waals surface area (Å²) in [5.41, 5.74) is 3.02. The molecule has 27 heavy (non-hydrogen) atoms. The van der Waals surface area contributed by atoms with Crippen molar-refractivity contribution in [3.8, 4) is 0 Å². The molecule has 1 aliphatic rings. The van der Waals surface area contributed by atoms with Gasteiger partial charge in [0.05, 0.1) is 28.8 Å². The Morgan fingerprint density at radius 1 is 1.07 bits per heavy atom. The van der Waals surface area contributed by atoms with Crippen LogP contribution in [-0.4, -0.2) is 43.4 Å². The summed E-state index contributed by atoms with van der Waals surface area (Å²) in [5.74, 6) is -0.398. The van der Waals surface area contributed by atoms with Gasteiger partial charge in [-0.25, -0.2) is 0 Å². The maximum absolute atomic E-state index is 12.5. The van der Waals surface area contributed by atoms with Crippen LogP contribution >= 0.6 is 23.2 Å². The number of likely N-dealkylation sites (N-methyl/N-ethyl adjacent to an activating group) is 1. The number of halogens is 2. The molecule has 1 atom stereocenters. The monoisotopic (exact) mass is 406 g/mol. The van der Waals surface area contributed by atoms with Crippen molar-refractivity contribution in [3.63, 3.8) is 0 Å². The molecule has 0 saturated heterocycles. The Labute approximate surface area is 168 Å². The zero-order valence-electron chi connectivity index (χ0n) is 15.1. The maximum Gasteiger partial charge on any atom is 0.277 e. The van der Waals surface area contributed by atoms with Crippen molar-refractivity contribution in [1.29, 1.82) is 0 Å². The predicted octanol–water partition coefficient (Wildman–Crippen LogP) is 2.03. The van der Waals surface area contributed by atoms with E-state index < -0.39 is 0 Å². The molecule has 0 aliphatic carbocycles. The van der Waals surface area contributed by atoms with E-state index in [0.29, 0.717) is 22.3 Å². The third-order valence-electron chi connectivity index (χ3n) is 4.74. The van der Waals surface area contributed by atoms with Crippen LogP contribution in [0, 0.1) is 0 Å². The van der Waals surface area contributed by atoms with Gasteiger partial charge in [0.25, 0.3) is 5.91 Å². The third-order valence-corrected chi connectivity index (χ3v) is 5.37. The zero-order valence-corrected chi connectivity index (χ0v) is 16.6. The third kappa shape index (κ3) is 5.01. The number of hydrogen-bond donors (Lipinski definition) is 2. The Bertz CT molecular complexity index is 837. The average molecular weight is 407 g/mol. The van der Waals surface area contributed by atoms with Gasteiger partial charge in [-0.2, -0.15) is 0 Å². The highest BCUT2D eigenvalue weighted by Crippen LogP contribution is 2.29. The predicted molar refractivity (Wildman–Crippen MR) is 107 cm³/mol. The lowest BCUT2D eigenvalue weighted by Gasteiger charge is -2.27. The molecule has 2 aromatic rings. The first-order valence-corrected chi connectivity index (χ1v) is 9.58. The first kappa shape index (κ1) is 19.7. The number of nitrogens with one attached hydrogen (secondary N) is 2. The van der Waals surface area contributed by atoms with E-state index in [1.54, 1.807) is 25.2 Å². The van der Waals surface area contributed by atoms with E-state index in [0.717, 1.165) is 19.5 Å². The van der Waals surface area contributed by atoms with Gasteiger partial charge in [-0.05, 0) is 17.7 Å². The minimum Gasteiger partial charge on any atom is -0.332 e. The number of rotatable bonds is 5. The lowest BCUT2D eigenvalue weighted by Crippen LogP contribution is -3.12. The van der Waals surface area contributed by atoms with Crippen molar-refractivity contribution in [2.45, 2.75) is 13.0 Å². The summed E-state index contributed by atoms with van der Waals surface area (Å²) in [7, 11) is 1.63. The Balaban J connectivity index is 1.53. The van der Waals surface area contributed by atoms with Gasteiger partial charge in [0, 0.05) is 19.0 Å². The molecule has 142 valence electrons. The van der Waals surface area contributed by atoms with Crippen molar-refractivity contribution in [3.05, 3.63) is 63.6 Å². The molecule has 0 radical (unpaired) electrons. The van der Waals surface area contributed by atoms with E-state index in [-0.39, 0.29) is 18.4 Å². The molecule has 3 rings (SSSR count). The topological polar surface area (TPSA) is 53.9 Å². The van der Waals surface area contributed by atoms with Gasteiger partial charge >= 0.3 is 0 Å². The molecular weight excluding hydrogens is 385 g/mol. The van der Waals surface area contributed by atoms with Crippen LogP contribution in [0.2, 0.25) is 10.0 Å². The fraction of sp³-hybridized carbons (Fsp3) is 0.300. The van der Waals surface area contributed by atoms with Crippen LogP contribution in [-0.2, 0) is 22.6 Å². The second-order valence-corrected chi connectivity index (χ2v) is 7.58. The summed E-state index contributed by atoms with van der Waals surface area (Å²) in [6.45, 7) is 2.06. The van der Waals surface area contributed by atoms with Crippen molar-refractivity contribution in [1.82, 2.24) is 4.90 Å². The van der Waals surface area contributed by atoms with E-state index in [9.17, 15) is 9.59 Å². The second kappa shape index (κ2) is 8.74. The summed E-state index contributed by atoms with van der Waals surface area (Å²) >= 11 is 12.1. The first-order chi connectivity index (χ1) is 12.9. The van der Waals surface area contributed by atoms with Crippen molar-refractivity contribution >= 4 is 40.7 Å². The van der Waals surface area contributed by atoms with Crippen LogP contribution in [0.1, 0.15) is 11.1 Å². The fourth-order valence-electron chi connectivity index (χ4n) is 3.24. The highest BCUT2D eigenvalue weighted by Gasteiger charge is 2.24. The molecule has 1 heterocycles. The van der Waals surface area contributed by atoms with Crippen molar-refractivity contribution in [2.75, 3.05) is 32.0 Å². The van der Waals surface area contributed by atoms with Gasteiger partial charge in [-0.1, -0.05) is 53.5 Å². The number of anilines is 1. The second-order valence-electron chi connectivity index (χ2n) is 6.77. The van der Waals surface area contributed by atoms with Gasteiger partial charge in [0.15, 0.2) is 6.54 Å². The van der Waals surface area contributed by atoms with Crippen LogP contribution in [0.15, 0.2) is 42.5 Å². The number of carbonyl (C=O) groups excluding carboxylic acids is 2. The van der Waals surface area contributed by atoms with Gasteiger partial charge in [-0.15, -0.1) is 0 Å². The number of benzene rings is 2. The lowest BCUT2D eigenvalue weighted by molar-refractivity contribution is -0.908. The smallest absolute Gasteiger partial charge is 0.277 e. The summed E-state index contributed by atoms with van der Waals surface area (Å²) in [6.07, 6.45) is 0.966. The average Bonchev–Trinajstić information content (AvgIpc) is 2.64. The standard InChI is InChI=1S/C20H21Cl2N3O2/c1-24(12-18(26)23-20-16(21)7-4-8-17(20)22)19(27)13-25-10-9-14-5-2-3-6-15(14)11-25/h2-8H,9-13H2,1H3,(H,23,26)/p+1. The molecule has 1 aliphatic heterocycles. The van der Waals surface area contributed by atoms with E-state index in [4.69, 9.17) is 23.2 Å². The molecule has 1 unspecified atom stereocenters. The molecule has 0 bridgehead atoms. The number of fused-ring (bicyclic) bond motifs is 1. The Morgan fingerprint density at radius 2 is 1.74 bits per heavy atom. The summed E-state index contributed by atoms with van der Waals surface area (Å²) < 4.78 is 0. The van der Waals surface area contributed by atoms with Crippen molar-refractivity contribution < 1.29 is 14.5 Å². The minimum absolute atomic E-state index is 0.0513. The number of para-hydroxylation sites is 1. The molecule has 2 N–H and O–H groups in total. The van der Waals surface area contributed by atoms with Gasteiger partial charge < -0.3 is 15.1 Å². The van der Waals surface area contributed by atoms with Crippen LogP contribution in [0.25, 0.3) is 0 Å². The number of carbonyl (C=O) groups is 2. The number of amides is 2. The SMILES string of the molecule is CN(CC(=O)Nc1c(Cl)cccc1Cl)C(=O)C[NH+]1CCc2ccccc2C1. The summed E-state index contributed by atoms with van der Waals surface area (Å²) in [4.78, 5) is 27.4. The molecule has 0 fully saturated rings. The van der Waals surface area contributed by atoms with Gasteiger partial charge in [0.1, 0.15) is 6.54 Å². The molecule has 7 heteroatoms. The molecule has 0 saturated carbocycles. The van der Waals surface area contributed by atoms with E-state index in [1.165, 1.54) is 20.9 Å². The Kier molecular flexibility index (Phi) is 6.37. The van der Waals surface area contributed by atoms with Crippen LogP contribution in [0.5, 0.6) is 0 Å². The number of hydrogen-bond acceptors (Lipinski definition) is 2. The highest BCUT2D eigenvalue weighted by molar-refractivity contribution is 6.39. The highest BCUT2D eigenvalue weighted by atomic mass is 35.5. The quantitative estimate of drug-likeness (QED) is 0.797. The van der Waals surface area contributed by atoms with Crippen LogP contribution < -0.4 is 10.2 Å². The Hall–Kier alpha value is -2.08. The Morgan fingerprint density at radius 3 is 2.44 bits per heavy atom. The van der Waals surface area contributed by atoms with Crippen LogP contribution in [0.3, 0.4) is 0 Å². The largest absolute Gasteiger partial charge is 0.332 e. The van der Waals surface area contributed by atoms with E-state index >= 15 is 0 Å².